The number of likely N-dealkylation sites (N-methyl/N-ethyl adjacent to an activating group) is 1. The quantitative estimate of drug-likeness (QED) is 0.446. The molecular weight excluding hydrogens is 116 g/mol. The average Bonchev–Trinajstić information content (AvgIpc) is 2.18. The highest BCUT2D eigenvalue weighted by molar-refractivity contribution is 4.85. The fourth-order valence-corrected chi connectivity index (χ4v) is 1.14. The van der Waals surface area contributed by atoms with E-state index in [-0.39, 0.29) is 12.1 Å². The Balaban J connectivity index is 2.22. The summed E-state index contributed by atoms with van der Waals surface area (Å²) in [7, 11) is 0. The molecule has 0 amide bonds. The molecule has 1 rings (SSSR count). The summed E-state index contributed by atoms with van der Waals surface area (Å²) in [5, 5.41) is 15.5. The van der Waals surface area contributed by atoms with Crippen molar-refractivity contribution in [3.05, 3.63) is 0 Å². The summed E-state index contributed by atoms with van der Waals surface area (Å²) < 4.78 is 0. The van der Waals surface area contributed by atoms with Crippen LogP contribution < -0.4 is 10.6 Å². The van der Waals surface area contributed by atoms with Gasteiger partial charge in [0, 0.05) is 19.1 Å². The Morgan fingerprint density at radius 3 is 2.89 bits per heavy atom. The van der Waals surface area contributed by atoms with Gasteiger partial charge < -0.3 is 15.7 Å². The van der Waals surface area contributed by atoms with Gasteiger partial charge in [-0.15, -0.1) is 0 Å². The second kappa shape index (κ2) is 3.15. The Labute approximate surface area is 55.5 Å². The van der Waals surface area contributed by atoms with Crippen molar-refractivity contribution < 1.29 is 5.11 Å². The van der Waals surface area contributed by atoms with Crippen LogP contribution in [0.25, 0.3) is 0 Å². The van der Waals surface area contributed by atoms with Gasteiger partial charge in [0.1, 0.15) is 0 Å². The molecule has 0 radical (unpaired) electrons. The van der Waals surface area contributed by atoms with Crippen molar-refractivity contribution in [1.82, 2.24) is 10.6 Å². The van der Waals surface area contributed by atoms with Gasteiger partial charge in [0.05, 0.1) is 6.10 Å². The van der Waals surface area contributed by atoms with Crippen molar-refractivity contribution in [2.24, 2.45) is 0 Å². The number of aliphatic hydroxyl groups is 1. The fraction of sp³-hybridized carbons (Fsp3) is 1.00. The zero-order valence-electron chi connectivity index (χ0n) is 5.72. The van der Waals surface area contributed by atoms with E-state index in [1.165, 1.54) is 0 Å². The second-order valence-corrected chi connectivity index (χ2v) is 2.39. The third-order valence-electron chi connectivity index (χ3n) is 1.65. The van der Waals surface area contributed by atoms with Crippen molar-refractivity contribution in [2.75, 3.05) is 19.6 Å². The van der Waals surface area contributed by atoms with Gasteiger partial charge in [-0.25, -0.2) is 0 Å². The largest absolute Gasteiger partial charge is 0.390 e. The van der Waals surface area contributed by atoms with E-state index in [1.807, 2.05) is 6.92 Å². The van der Waals surface area contributed by atoms with Gasteiger partial charge in [-0.2, -0.15) is 0 Å². The number of hydrogen-bond donors (Lipinski definition) is 3. The normalized spacial score (nSPS) is 35.3. The topological polar surface area (TPSA) is 44.3 Å². The van der Waals surface area contributed by atoms with Gasteiger partial charge in [-0.1, -0.05) is 6.92 Å². The molecule has 0 saturated carbocycles. The van der Waals surface area contributed by atoms with Crippen molar-refractivity contribution in [1.29, 1.82) is 0 Å². The highest BCUT2D eigenvalue weighted by Crippen LogP contribution is 1.97. The molecule has 3 nitrogen and oxygen atoms in total. The monoisotopic (exact) mass is 130 g/mol. The van der Waals surface area contributed by atoms with Crippen molar-refractivity contribution in [3.8, 4) is 0 Å². The zero-order valence-corrected chi connectivity index (χ0v) is 5.72. The lowest BCUT2D eigenvalue weighted by Crippen LogP contribution is -2.38. The summed E-state index contributed by atoms with van der Waals surface area (Å²) in [5.41, 5.74) is 0. The molecule has 0 aliphatic carbocycles. The van der Waals surface area contributed by atoms with Crippen LogP contribution >= 0.6 is 0 Å². The van der Waals surface area contributed by atoms with Crippen LogP contribution in [0.3, 0.4) is 0 Å². The van der Waals surface area contributed by atoms with Crippen LogP contribution in [0.5, 0.6) is 0 Å². The van der Waals surface area contributed by atoms with E-state index in [1.54, 1.807) is 0 Å². The number of rotatable bonds is 2. The van der Waals surface area contributed by atoms with Crippen LogP contribution in [0.2, 0.25) is 0 Å². The molecule has 0 aromatic heterocycles. The summed E-state index contributed by atoms with van der Waals surface area (Å²) in [6, 6.07) is 0.273. The zero-order chi connectivity index (χ0) is 6.69. The number of nitrogens with one attached hydrogen (secondary N) is 2. The minimum absolute atomic E-state index is 0.190. The molecule has 0 aromatic rings. The molecule has 3 N–H and O–H groups in total. The first-order chi connectivity index (χ1) is 4.34. The summed E-state index contributed by atoms with van der Waals surface area (Å²) >= 11 is 0. The summed E-state index contributed by atoms with van der Waals surface area (Å²) in [4.78, 5) is 0. The maximum absolute atomic E-state index is 9.20. The first-order valence-electron chi connectivity index (χ1n) is 3.46. The maximum atomic E-state index is 9.20. The molecule has 1 saturated heterocycles. The summed E-state index contributed by atoms with van der Waals surface area (Å²) in [5.74, 6) is 0. The molecule has 1 aliphatic heterocycles. The van der Waals surface area contributed by atoms with E-state index in [4.69, 9.17) is 0 Å². The lowest BCUT2D eigenvalue weighted by molar-refractivity contribution is 0.164. The number of hydrogen-bond acceptors (Lipinski definition) is 3. The van der Waals surface area contributed by atoms with E-state index in [9.17, 15) is 5.11 Å². The third-order valence-corrected chi connectivity index (χ3v) is 1.65. The van der Waals surface area contributed by atoms with Gasteiger partial charge in [0.25, 0.3) is 0 Å². The highest BCUT2D eigenvalue weighted by Gasteiger charge is 2.22. The molecular formula is C6H14N2O. The van der Waals surface area contributed by atoms with Gasteiger partial charge in [-0.3, -0.25) is 0 Å². The average molecular weight is 130 g/mol. The molecule has 1 aliphatic rings. The Morgan fingerprint density at radius 2 is 2.44 bits per heavy atom. The summed E-state index contributed by atoms with van der Waals surface area (Å²) in [6.45, 7) is 4.61. The van der Waals surface area contributed by atoms with Crippen LogP contribution in [0.4, 0.5) is 0 Å². The van der Waals surface area contributed by atoms with Crippen molar-refractivity contribution in [3.63, 3.8) is 0 Å². The summed E-state index contributed by atoms with van der Waals surface area (Å²) in [6.07, 6.45) is -0.190. The van der Waals surface area contributed by atoms with Crippen molar-refractivity contribution in [2.45, 2.75) is 19.1 Å². The predicted octanol–water partition coefficient (Wildman–Crippen LogP) is -1.07. The third kappa shape index (κ3) is 1.64. The van der Waals surface area contributed by atoms with Crippen molar-refractivity contribution >= 4 is 0 Å². The lowest BCUT2D eigenvalue weighted by atomic mass is 10.2. The smallest absolute Gasteiger partial charge is 0.0829 e. The predicted molar refractivity (Wildman–Crippen MR) is 36.3 cm³/mol. The van der Waals surface area contributed by atoms with Gasteiger partial charge in [0.15, 0.2) is 0 Å². The van der Waals surface area contributed by atoms with Crippen LogP contribution in [-0.2, 0) is 0 Å². The van der Waals surface area contributed by atoms with E-state index in [0.717, 1.165) is 19.6 Å². The van der Waals surface area contributed by atoms with E-state index in [0.29, 0.717) is 0 Å². The van der Waals surface area contributed by atoms with E-state index < -0.39 is 0 Å². The maximum Gasteiger partial charge on any atom is 0.0829 e. The minimum Gasteiger partial charge on any atom is -0.390 e. The Morgan fingerprint density at radius 1 is 1.67 bits per heavy atom. The van der Waals surface area contributed by atoms with Crippen LogP contribution in [0.15, 0.2) is 0 Å². The molecule has 2 unspecified atom stereocenters. The first kappa shape index (κ1) is 6.99. The number of aliphatic hydroxyl groups excluding tert-OH is 1. The standard InChI is InChI=1S/C6H14N2O/c1-2-8-5-3-7-4-6(5)9/h5-9H,2-4H2,1H3. The molecule has 3 heteroatoms. The minimum atomic E-state index is -0.190. The first-order valence-corrected chi connectivity index (χ1v) is 3.46. The van der Waals surface area contributed by atoms with Gasteiger partial charge >= 0.3 is 0 Å². The van der Waals surface area contributed by atoms with Crippen LogP contribution in [0.1, 0.15) is 6.92 Å². The van der Waals surface area contributed by atoms with E-state index >= 15 is 0 Å². The lowest BCUT2D eigenvalue weighted by Gasteiger charge is -2.12. The van der Waals surface area contributed by atoms with Gasteiger partial charge in [-0.05, 0) is 6.54 Å². The number of β-amino-alcohol motifs (C(OH)–C–C–N with tert-alkyl or cyclic N) is 1. The molecule has 0 aromatic carbocycles. The van der Waals surface area contributed by atoms with Gasteiger partial charge in [0.2, 0.25) is 0 Å². The van der Waals surface area contributed by atoms with Crippen LogP contribution in [0, 0.1) is 0 Å². The molecule has 0 bridgehead atoms. The molecule has 9 heavy (non-hydrogen) atoms. The second-order valence-electron chi connectivity index (χ2n) is 2.39. The molecule has 2 atom stereocenters. The molecule has 1 fully saturated rings. The molecule has 54 valence electrons. The fourth-order valence-electron chi connectivity index (χ4n) is 1.14. The Kier molecular flexibility index (Phi) is 2.45. The van der Waals surface area contributed by atoms with Crippen LogP contribution in [-0.4, -0.2) is 36.9 Å². The van der Waals surface area contributed by atoms with E-state index in [2.05, 4.69) is 10.6 Å². The molecule has 1 heterocycles. The SMILES string of the molecule is CCNC1CNCC1O. The Bertz CT molecular complexity index is 87.1. The molecule has 0 spiro atoms. The highest BCUT2D eigenvalue weighted by atomic mass is 16.3. The Hall–Kier alpha value is -0.120.